The van der Waals surface area contributed by atoms with E-state index in [-0.39, 0.29) is 13.0 Å². The van der Waals surface area contributed by atoms with Gasteiger partial charge in [0.05, 0.1) is 0 Å². The van der Waals surface area contributed by atoms with Crippen molar-refractivity contribution < 1.29 is 19.1 Å². The molecule has 1 aliphatic rings. The smallest absolute Gasteiger partial charge is 0.348 e. The van der Waals surface area contributed by atoms with E-state index in [9.17, 15) is 9.59 Å². The quantitative estimate of drug-likeness (QED) is 0.217. The van der Waals surface area contributed by atoms with Gasteiger partial charge in [0.1, 0.15) is 12.5 Å². The molecule has 2 atom stereocenters. The summed E-state index contributed by atoms with van der Waals surface area (Å²) in [7, 11) is 0. The highest BCUT2D eigenvalue weighted by Crippen LogP contribution is 2.45. The first kappa shape index (κ1) is 24.6. The van der Waals surface area contributed by atoms with Gasteiger partial charge in [0.25, 0.3) is 0 Å². The van der Waals surface area contributed by atoms with E-state index >= 15 is 0 Å². The summed E-state index contributed by atoms with van der Waals surface area (Å²) in [6.07, 6.45) is -0.859. The van der Waals surface area contributed by atoms with Crippen molar-refractivity contribution in [2.24, 2.45) is 0 Å². The van der Waals surface area contributed by atoms with Gasteiger partial charge in [-0.25, -0.2) is 4.79 Å². The lowest BCUT2D eigenvalue weighted by atomic mass is 9.96. The molecule has 39 heavy (non-hydrogen) atoms. The van der Waals surface area contributed by atoms with E-state index < -0.39 is 24.0 Å². The highest BCUT2D eigenvalue weighted by atomic mass is 16.6. The van der Waals surface area contributed by atoms with Crippen molar-refractivity contribution >= 4 is 22.7 Å². The number of hydrogen-bond donors (Lipinski definition) is 0. The summed E-state index contributed by atoms with van der Waals surface area (Å²) < 4.78 is 11.7. The molecule has 0 aliphatic heterocycles. The number of rotatable bonds is 7. The molecule has 0 heterocycles. The van der Waals surface area contributed by atoms with Crippen LogP contribution in [0.15, 0.2) is 115 Å². The van der Waals surface area contributed by atoms with Gasteiger partial charge in [-0.2, -0.15) is 0 Å². The van der Waals surface area contributed by atoms with Crippen LogP contribution in [0.2, 0.25) is 0 Å². The fraction of sp³-hybridized carbons (Fsp3) is 0.143. The summed E-state index contributed by atoms with van der Waals surface area (Å²) in [5.74, 6) is -1.61. The number of carbonyl (C=O) groups is 2. The predicted octanol–water partition coefficient (Wildman–Crippen LogP) is 7.16. The molecule has 192 valence electrons. The van der Waals surface area contributed by atoms with Crippen LogP contribution in [0.3, 0.4) is 0 Å². The molecule has 5 aromatic carbocycles. The van der Waals surface area contributed by atoms with Gasteiger partial charge in [-0.15, -0.1) is 0 Å². The SMILES string of the molecule is Cc1ccc2c(c1)C(C(=O)O[C@H](Cc1ccc3ccccc3c1)C(=O)OCc1ccccc1)c1ccccc1-2. The second-order valence-electron chi connectivity index (χ2n) is 10.0. The standard InChI is InChI=1S/C35H28O4/c1-23-15-18-29-28-13-7-8-14-30(28)33(31(29)19-23)35(37)39-32(34(36)38-22-24-9-3-2-4-10-24)21-25-16-17-26-11-5-6-12-27(26)20-25/h2-20,32-33H,21-22H2,1H3/t32-,33?/m1/s1. The van der Waals surface area contributed by atoms with Crippen LogP contribution in [0.1, 0.15) is 33.7 Å². The number of carbonyl (C=O) groups excluding carboxylic acids is 2. The van der Waals surface area contributed by atoms with Gasteiger partial charge in [0, 0.05) is 6.42 Å². The van der Waals surface area contributed by atoms with Crippen LogP contribution in [-0.4, -0.2) is 18.0 Å². The average Bonchev–Trinajstić information content (AvgIpc) is 3.29. The highest BCUT2D eigenvalue weighted by molar-refractivity contribution is 5.95. The van der Waals surface area contributed by atoms with Gasteiger partial charge in [-0.1, -0.05) is 121 Å². The van der Waals surface area contributed by atoms with E-state index in [4.69, 9.17) is 9.47 Å². The lowest BCUT2D eigenvalue weighted by molar-refractivity contribution is -0.169. The Labute approximate surface area is 227 Å². The molecule has 1 aliphatic carbocycles. The summed E-state index contributed by atoms with van der Waals surface area (Å²) >= 11 is 0. The average molecular weight is 513 g/mol. The third-order valence-corrected chi connectivity index (χ3v) is 7.30. The zero-order chi connectivity index (χ0) is 26.8. The van der Waals surface area contributed by atoms with E-state index in [0.717, 1.165) is 49.7 Å². The largest absolute Gasteiger partial charge is 0.458 e. The van der Waals surface area contributed by atoms with Crippen LogP contribution < -0.4 is 0 Å². The first-order valence-electron chi connectivity index (χ1n) is 13.2. The van der Waals surface area contributed by atoms with Crippen LogP contribution in [0.5, 0.6) is 0 Å². The maximum atomic E-state index is 13.8. The van der Waals surface area contributed by atoms with Crippen molar-refractivity contribution in [3.8, 4) is 11.1 Å². The van der Waals surface area contributed by atoms with Crippen LogP contribution in [0.25, 0.3) is 21.9 Å². The molecular formula is C35H28O4. The highest BCUT2D eigenvalue weighted by Gasteiger charge is 2.37. The van der Waals surface area contributed by atoms with E-state index in [0.29, 0.717) is 0 Å². The second kappa shape index (κ2) is 10.6. The maximum absolute atomic E-state index is 13.8. The Balaban J connectivity index is 1.30. The molecule has 0 aromatic heterocycles. The third kappa shape index (κ3) is 5.06. The number of aryl methyl sites for hydroxylation is 1. The van der Waals surface area contributed by atoms with Crippen molar-refractivity contribution in [2.75, 3.05) is 0 Å². The summed E-state index contributed by atoms with van der Waals surface area (Å²) in [6, 6.07) is 37.6. The summed E-state index contributed by atoms with van der Waals surface area (Å²) in [6.45, 7) is 2.12. The first-order valence-corrected chi connectivity index (χ1v) is 13.2. The summed E-state index contributed by atoms with van der Waals surface area (Å²) in [4.78, 5) is 27.2. The molecule has 0 saturated carbocycles. The Morgan fingerprint density at radius 2 is 1.41 bits per heavy atom. The van der Waals surface area contributed by atoms with Crippen LogP contribution >= 0.6 is 0 Å². The molecule has 4 nitrogen and oxygen atoms in total. The number of hydrogen-bond acceptors (Lipinski definition) is 4. The lowest BCUT2D eigenvalue weighted by Gasteiger charge is -2.21. The van der Waals surface area contributed by atoms with Crippen LogP contribution in [-0.2, 0) is 32.1 Å². The van der Waals surface area contributed by atoms with Gasteiger partial charge in [0.15, 0.2) is 0 Å². The molecule has 0 radical (unpaired) electrons. The zero-order valence-corrected chi connectivity index (χ0v) is 21.7. The Hall–Kier alpha value is -4.70. The van der Waals surface area contributed by atoms with Gasteiger partial charge in [-0.05, 0) is 51.1 Å². The minimum Gasteiger partial charge on any atom is -0.458 e. The van der Waals surface area contributed by atoms with Crippen molar-refractivity contribution in [3.63, 3.8) is 0 Å². The number of ether oxygens (including phenoxy) is 2. The molecule has 6 rings (SSSR count). The topological polar surface area (TPSA) is 52.6 Å². The molecular weight excluding hydrogens is 484 g/mol. The van der Waals surface area contributed by atoms with E-state index in [1.807, 2.05) is 116 Å². The van der Waals surface area contributed by atoms with Crippen molar-refractivity contribution in [1.29, 1.82) is 0 Å². The molecule has 0 spiro atoms. The van der Waals surface area contributed by atoms with Crippen molar-refractivity contribution in [2.45, 2.75) is 32.0 Å². The number of esters is 2. The minimum absolute atomic E-state index is 0.111. The normalized spacial score (nSPS) is 14.3. The number of fused-ring (bicyclic) bond motifs is 4. The Kier molecular flexibility index (Phi) is 6.68. The Morgan fingerprint density at radius 3 is 2.26 bits per heavy atom. The molecule has 5 aromatic rings. The molecule has 4 heteroatoms. The maximum Gasteiger partial charge on any atom is 0.348 e. The molecule has 0 fully saturated rings. The van der Waals surface area contributed by atoms with E-state index in [1.54, 1.807) is 0 Å². The Bertz CT molecular complexity index is 1670. The van der Waals surface area contributed by atoms with Crippen molar-refractivity contribution in [1.82, 2.24) is 0 Å². The fourth-order valence-electron chi connectivity index (χ4n) is 5.36. The summed E-state index contributed by atoms with van der Waals surface area (Å²) in [5.41, 5.74) is 6.67. The van der Waals surface area contributed by atoms with E-state index in [2.05, 4.69) is 6.07 Å². The minimum atomic E-state index is -1.08. The fourth-order valence-corrected chi connectivity index (χ4v) is 5.36. The van der Waals surface area contributed by atoms with Gasteiger partial charge >= 0.3 is 11.9 Å². The molecule has 0 bridgehead atoms. The predicted molar refractivity (Wildman–Crippen MR) is 152 cm³/mol. The van der Waals surface area contributed by atoms with Gasteiger partial charge < -0.3 is 9.47 Å². The zero-order valence-electron chi connectivity index (χ0n) is 21.7. The van der Waals surface area contributed by atoms with Crippen LogP contribution in [0.4, 0.5) is 0 Å². The molecule has 1 unspecified atom stereocenters. The van der Waals surface area contributed by atoms with Crippen LogP contribution in [0, 0.1) is 6.92 Å². The third-order valence-electron chi connectivity index (χ3n) is 7.30. The van der Waals surface area contributed by atoms with Gasteiger partial charge in [0.2, 0.25) is 6.10 Å². The number of benzene rings is 5. The molecule has 0 amide bonds. The van der Waals surface area contributed by atoms with Gasteiger partial charge in [-0.3, -0.25) is 4.79 Å². The molecule has 0 saturated heterocycles. The first-order chi connectivity index (χ1) is 19.1. The van der Waals surface area contributed by atoms with E-state index in [1.165, 1.54) is 0 Å². The lowest BCUT2D eigenvalue weighted by Crippen LogP contribution is -2.33. The monoisotopic (exact) mass is 512 g/mol. The Morgan fingerprint density at radius 1 is 0.692 bits per heavy atom. The summed E-state index contributed by atoms with van der Waals surface area (Å²) in [5, 5.41) is 2.17. The molecule has 0 N–H and O–H groups in total. The van der Waals surface area contributed by atoms with Crippen molar-refractivity contribution in [3.05, 3.63) is 143 Å². The second-order valence-corrected chi connectivity index (χ2v) is 10.0.